The first-order chi connectivity index (χ1) is 12.8. The fraction of sp³-hybridized carbons (Fsp3) is 0.158. The average molecular weight is 404 g/mol. The number of carbonyl (C=O) groups is 2. The Bertz CT molecular complexity index is 1050. The topological polar surface area (TPSA) is 81.2 Å². The van der Waals surface area contributed by atoms with Crippen LogP contribution in [0.5, 0.6) is 0 Å². The first-order valence-corrected chi connectivity index (χ1v) is 8.76. The van der Waals surface area contributed by atoms with E-state index in [4.69, 9.17) is 27.9 Å². The fourth-order valence-electron chi connectivity index (χ4n) is 2.35. The summed E-state index contributed by atoms with van der Waals surface area (Å²) in [6.45, 7) is 3.26. The van der Waals surface area contributed by atoms with Gasteiger partial charge in [-0.1, -0.05) is 23.2 Å². The molecule has 0 unspecified atom stereocenters. The zero-order chi connectivity index (χ0) is 19.6. The molecule has 3 rings (SSSR count). The van der Waals surface area contributed by atoms with Crippen LogP contribution in [0.3, 0.4) is 0 Å². The summed E-state index contributed by atoms with van der Waals surface area (Å²) in [5, 5.41) is 3.30. The van der Waals surface area contributed by atoms with Crippen molar-refractivity contribution >= 4 is 51.8 Å². The molecule has 0 aliphatic rings. The number of esters is 1. The number of anilines is 1. The van der Waals surface area contributed by atoms with Crippen LogP contribution in [0.25, 0.3) is 11.0 Å². The Kier molecular flexibility index (Phi) is 5.58. The van der Waals surface area contributed by atoms with E-state index >= 15 is 0 Å². The van der Waals surface area contributed by atoms with Gasteiger partial charge in [-0.15, -0.1) is 0 Å². The lowest BCUT2D eigenvalue weighted by atomic mass is 10.2. The quantitative estimate of drug-likeness (QED) is 0.654. The highest BCUT2D eigenvalue weighted by Crippen LogP contribution is 2.25. The second-order valence-electron chi connectivity index (χ2n) is 5.85. The molecule has 0 atom stereocenters. The summed E-state index contributed by atoms with van der Waals surface area (Å²) in [5.41, 5.74) is 3.51. The van der Waals surface area contributed by atoms with E-state index in [9.17, 15) is 9.59 Å². The van der Waals surface area contributed by atoms with Crippen LogP contribution in [0.15, 0.2) is 36.4 Å². The van der Waals surface area contributed by atoms with Gasteiger partial charge in [0.15, 0.2) is 6.61 Å². The van der Waals surface area contributed by atoms with E-state index in [-0.39, 0.29) is 5.56 Å². The van der Waals surface area contributed by atoms with Crippen molar-refractivity contribution in [2.24, 2.45) is 0 Å². The maximum Gasteiger partial charge on any atom is 0.338 e. The first kappa shape index (κ1) is 19.1. The maximum absolute atomic E-state index is 12.2. The molecule has 8 heteroatoms. The molecule has 0 bridgehead atoms. The SMILES string of the molecule is Cc1nc2ccc(C(=O)OCC(=O)Nc3cc(Cl)ccc3Cl)cc2nc1C. The van der Waals surface area contributed by atoms with Crippen LogP contribution in [-0.4, -0.2) is 28.5 Å². The van der Waals surface area contributed by atoms with E-state index in [2.05, 4.69) is 15.3 Å². The van der Waals surface area contributed by atoms with Gasteiger partial charge < -0.3 is 10.1 Å². The van der Waals surface area contributed by atoms with Crippen LogP contribution >= 0.6 is 23.2 Å². The minimum Gasteiger partial charge on any atom is -0.452 e. The molecule has 0 aliphatic carbocycles. The summed E-state index contributed by atoms with van der Waals surface area (Å²) in [7, 11) is 0. The first-order valence-electron chi connectivity index (χ1n) is 8.00. The highest BCUT2D eigenvalue weighted by molar-refractivity contribution is 6.35. The Morgan fingerprint density at radius 3 is 2.44 bits per heavy atom. The van der Waals surface area contributed by atoms with Crippen LogP contribution in [-0.2, 0) is 9.53 Å². The molecule has 3 aromatic rings. The molecule has 6 nitrogen and oxygen atoms in total. The number of fused-ring (bicyclic) bond motifs is 1. The Labute approximate surface area is 165 Å². The molecule has 138 valence electrons. The van der Waals surface area contributed by atoms with E-state index in [1.165, 1.54) is 6.07 Å². The van der Waals surface area contributed by atoms with Crippen molar-refractivity contribution in [1.82, 2.24) is 9.97 Å². The largest absolute Gasteiger partial charge is 0.452 e. The molecule has 0 aliphatic heterocycles. The van der Waals surface area contributed by atoms with Gasteiger partial charge in [0, 0.05) is 5.02 Å². The zero-order valence-electron chi connectivity index (χ0n) is 14.5. The fourth-order valence-corrected chi connectivity index (χ4v) is 2.69. The standard InChI is InChI=1S/C19H15Cl2N3O3/c1-10-11(2)23-17-7-12(3-6-15(17)22-10)19(26)27-9-18(25)24-16-8-13(20)4-5-14(16)21/h3-8H,9H2,1-2H3,(H,24,25). The van der Waals surface area contributed by atoms with Crippen LogP contribution in [0, 0.1) is 13.8 Å². The van der Waals surface area contributed by atoms with Crippen molar-refractivity contribution in [3.63, 3.8) is 0 Å². The van der Waals surface area contributed by atoms with Crippen molar-refractivity contribution < 1.29 is 14.3 Å². The van der Waals surface area contributed by atoms with E-state index in [0.29, 0.717) is 26.8 Å². The lowest BCUT2D eigenvalue weighted by Crippen LogP contribution is -2.21. The van der Waals surface area contributed by atoms with Gasteiger partial charge in [0.05, 0.1) is 38.7 Å². The predicted molar refractivity (Wildman–Crippen MR) is 104 cm³/mol. The molecule has 0 spiro atoms. The summed E-state index contributed by atoms with van der Waals surface area (Å²) >= 11 is 11.9. The lowest BCUT2D eigenvalue weighted by Gasteiger charge is -2.09. The lowest BCUT2D eigenvalue weighted by molar-refractivity contribution is -0.119. The number of ether oxygens (including phenoxy) is 1. The molecule has 0 radical (unpaired) electrons. The molecule has 1 N–H and O–H groups in total. The molecule has 1 aromatic heterocycles. The van der Waals surface area contributed by atoms with E-state index in [1.54, 1.807) is 30.3 Å². The number of aromatic nitrogens is 2. The van der Waals surface area contributed by atoms with Gasteiger partial charge in [0.25, 0.3) is 5.91 Å². The predicted octanol–water partition coefficient (Wildman–Crippen LogP) is 4.35. The van der Waals surface area contributed by atoms with Gasteiger partial charge >= 0.3 is 5.97 Å². The molecule has 1 amide bonds. The highest BCUT2D eigenvalue weighted by atomic mass is 35.5. The number of rotatable bonds is 4. The number of carbonyl (C=O) groups excluding carboxylic acids is 2. The summed E-state index contributed by atoms with van der Waals surface area (Å²) in [6, 6.07) is 9.53. The molecule has 0 fully saturated rings. The highest BCUT2D eigenvalue weighted by Gasteiger charge is 2.13. The third-order valence-corrected chi connectivity index (χ3v) is 4.41. The van der Waals surface area contributed by atoms with E-state index in [0.717, 1.165) is 11.4 Å². The Morgan fingerprint density at radius 1 is 1.00 bits per heavy atom. The maximum atomic E-state index is 12.2. The number of aryl methyl sites for hydroxylation is 2. The van der Waals surface area contributed by atoms with Crippen LogP contribution in [0.2, 0.25) is 10.0 Å². The molecule has 1 heterocycles. The van der Waals surface area contributed by atoms with Gasteiger partial charge in [0.2, 0.25) is 0 Å². The van der Waals surface area contributed by atoms with E-state index < -0.39 is 18.5 Å². The third kappa shape index (κ3) is 4.53. The smallest absolute Gasteiger partial charge is 0.338 e. The monoisotopic (exact) mass is 403 g/mol. The second-order valence-corrected chi connectivity index (χ2v) is 6.69. The van der Waals surface area contributed by atoms with Crippen molar-refractivity contribution in [3.05, 3.63) is 63.4 Å². The number of amides is 1. The molecule has 0 saturated heterocycles. The molecule has 27 heavy (non-hydrogen) atoms. The Hall–Kier alpha value is -2.70. The summed E-state index contributed by atoms with van der Waals surface area (Å²) in [4.78, 5) is 33.0. The minimum atomic E-state index is -0.635. The second kappa shape index (κ2) is 7.90. The number of hydrogen-bond donors (Lipinski definition) is 1. The van der Waals surface area contributed by atoms with E-state index in [1.807, 2.05) is 13.8 Å². The van der Waals surface area contributed by atoms with Crippen molar-refractivity contribution in [2.75, 3.05) is 11.9 Å². The Balaban J connectivity index is 1.66. The van der Waals surface area contributed by atoms with Gasteiger partial charge in [0.1, 0.15) is 0 Å². The molecule has 2 aromatic carbocycles. The van der Waals surface area contributed by atoms with Crippen LogP contribution in [0.4, 0.5) is 5.69 Å². The molecule has 0 saturated carbocycles. The third-order valence-electron chi connectivity index (χ3n) is 3.85. The molecular formula is C19H15Cl2N3O3. The zero-order valence-corrected chi connectivity index (χ0v) is 16.1. The summed E-state index contributed by atoms with van der Waals surface area (Å²) in [5.74, 6) is -1.16. The van der Waals surface area contributed by atoms with Crippen molar-refractivity contribution in [2.45, 2.75) is 13.8 Å². The van der Waals surface area contributed by atoms with Crippen LogP contribution < -0.4 is 5.32 Å². The summed E-state index contributed by atoms with van der Waals surface area (Å²) in [6.07, 6.45) is 0. The number of nitrogens with zero attached hydrogens (tertiary/aromatic N) is 2. The number of halogens is 2. The average Bonchev–Trinajstić information content (AvgIpc) is 2.63. The Morgan fingerprint density at radius 2 is 1.70 bits per heavy atom. The summed E-state index contributed by atoms with van der Waals surface area (Å²) < 4.78 is 5.06. The number of benzene rings is 2. The number of hydrogen-bond acceptors (Lipinski definition) is 5. The van der Waals surface area contributed by atoms with Gasteiger partial charge in [-0.2, -0.15) is 0 Å². The van der Waals surface area contributed by atoms with Gasteiger partial charge in [-0.05, 0) is 50.2 Å². The van der Waals surface area contributed by atoms with Gasteiger partial charge in [-0.25, -0.2) is 14.8 Å². The van der Waals surface area contributed by atoms with Crippen LogP contribution in [0.1, 0.15) is 21.7 Å². The minimum absolute atomic E-state index is 0.286. The van der Waals surface area contributed by atoms with Gasteiger partial charge in [-0.3, -0.25) is 4.79 Å². The molecular weight excluding hydrogens is 389 g/mol. The van der Waals surface area contributed by atoms with Crippen molar-refractivity contribution in [1.29, 1.82) is 0 Å². The number of nitrogens with one attached hydrogen (secondary N) is 1. The van der Waals surface area contributed by atoms with Crippen molar-refractivity contribution in [3.8, 4) is 0 Å². The normalized spacial score (nSPS) is 10.7.